The molecule has 6 nitrogen and oxygen atoms in total. The van der Waals surface area contributed by atoms with Crippen LogP contribution in [0.25, 0.3) is 0 Å². The van der Waals surface area contributed by atoms with E-state index < -0.39 is 24.1 Å². The standard InChI is InChI=1S/C18H17F2N3O3/c1-11(13-3-5-16(6-4-13)21-12(2)24)23-26-10-18(25)22-17-8-14(19)7-15(20)9-17/h3-9H,10H2,1-2H3,(H,21,24)(H,22,25). The van der Waals surface area contributed by atoms with Crippen LogP contribution in [-0.4, -0.2) is 24.1 Å². The number of carbonyl (C=O) groups excluding carboxylic acids is 2. The molecule has 2 rings (SSSR count). The fraction of sp³-hybridized carbons (Fsp3) is 0.167. The summed E-state index contributed by atoms with van der Waals surface area (Å²) in [6.45, 7) is 2.68. The van der Waals surface area contributed by atoms with Crippen molar-refractivity contribution in [3.05, 3.63) is 59.7 Å². The summed E-state index contributed by atoms with van der Waals surface area (Å²) in [6, 6.07) is 9.59. The largest absolute Gasteiger partial charge is 0.385 e. The number of hydrogen-bond acceptors (Lipinski definition) is 4. The summed E-state index contributed by atoms with van der Waals surface area (Å²) in [5.41, 5.74) is 1.90. The van der Waals surface area contributed by atoms with Crippen LogP contribution >= 0.6 is 0 Å². The Kier molecular flexibility index (Phi) is 6.37. The second-order valence-corrected chi connectivity index (χ2v) is 5.41. The van der Waals surface area contributed by atoms with Gasteiger partial charge in [0.05, 0.1) is 5.71 Å². The Morgan fingerprint density at radius 3 is 2.15 bits per heavy atom. The van der Waals surface area contributed by atoms with Crippen molar-refractivity contribution in [2.75, 3.05) is 17.2 Å². The fourth-order valence-electron chi connectivity index (χ4n) is 2.06. The number of rotatable bonds is 6. The first-order chi connectivity index (χ1) is 12.3. The van der Waals surface area contributed by atoms with E-state index in [0.717, 1.165) is 17.7 Å². The third kappa shape index (κ3) is 5.97. The minimum Gasteiger partial charge on any atom is -0.385 e. The molecule has 2 amide bonds. The van der Waals surface area contributed by atoms with Crippen LogP contribution in [-0.2, 0) is 14.4 Å². The highest BCUT2D eigenvalue weighted by atomic mass is 19.1. The maximum Gasteiger partial charge on any atom is 0.265 e. The van der Waals surface area contributed by atoms with E-state index >= 15 is 0 Å². The first-order valence-corrected chi connectivity index (χ1v) is 7.64. The monoisotopic (exact) mass is 361 g/mol. The van der Waals surface area contributed by atoms with Gasteiger partial charge in [-0.15, -0.1) is 0 Å². The molecular formula is C18H17F2N3O3. The Hall–Kier alpha value is -3.29. The molecule has 0 fully saturated rings. The molecule has 0 atom stereocenters. The summed E-state index contributed by atoms with van der Waals surface area (Å²) in [5, 5.41) is 8.78. The maximum absolute atomic E-state index is 13.1. The van der Waals surface area contributed by atoms with Gasteiger partial charge in [-0.2, -0.15) is 0 Å². The van der Waals surface area contributed by atoms with Crippen molar-refractivity contribution in [3.8, 4) is 0 Å². The van der Waals surface area contributed by atoms with Gasteiger partial charge in [0.2, 0.25) is 5.91 Å². The van der Waals surface area contributed by atoms with E-state index in [1.54, 1.807) is 31.2 Å². The van der Waals surface area contributed by atoms with Gasteiger partial charge in [-0.1, -0.05) is 17.3 Å². The van der Waals surface area contributed by atoms with E-state index in [2.05, 4.69) is 15.8 Å². The first-order valence-electron chi connectivity index (χ1n) is 7.64. The molecule has 26 heavy (non-hydrogen) atoms. The predicted molar refractivity (Wildman–Crippen MR) is 93.9 cm³/mol. The SMILES string of the molecule is CC(=O)Nc1ccc(C(C)=NOCC(=O)Nc2cc(F)cc(F)c2)cc1. The van der Waals surface area contributed by atoms with Gasteiger partial charge in [0.15, 0.2) is 6.61 Å². The molecule has 0 bridgehead atoms. The Bertz CT molecular complexity index is 816. The predicted octanol–water partition coefficient (Wildman–Crippen LogP) is 3.30. The van der Waals surface area contributed by atoms with Crippen LogP contribution in [0.2, 0.25) is 0 Å². The molecule has 2 N–H and O–H groups in total. The molecule has 0 aliphatic heterocycles. The average molecular weight is 361 g/mol. The highest BCUT2D eigenvalue weighted by Crippen LogP contribution is 2.13. The highest BCUT2D eigenvalue weighted by Gasteiger charge is 2.06. The van der Waals surface area contributed by atoms with Gasteiger partial charge >= 0.3 is 0 Å². The summed E-state index contributed by atoms with van der Waals surface area (Å²) in [5.74, 6) is -2.36. The van der Waals surface area contributed by atoms with Crippen LogP contribution in [0, 0.1) is 11.6 Å². The van der Waals surface area contributed by atoms with E-state index in [4.69, 9.17) is 4.84 Å². The number of hydrogen-bond donors (Lipinski definition) is 2. The molecule has 2 aromatic carbocycles. The van der Waals surface area contributed by atoms with Crippen LogP contribution in [0.15, 0.2) is 47.6 Å². The van der Waals surface area contributed by atoms with Crippen LogP contribution in [0.3, 0.4) is 0 Å². The van der Waals surface area contributed by atoms with Gasteiger partial charge in [0, 0.05) is 24.4 Å². The number of halogens is 2. The lowest BCUT2D eigenvalue weighted by Crippen LogP contribution is -2.17. The topological polar surface area (TPSA) is 79.8 Å². The lowest BCUT2D eigenvalue weighted by atomic mass is 10.1. The molecule has 0 aromatic heterocycles. The Morgan fingerprint density at radius 2 is 1.58 bits per heavy atom. The molecule has 2 aromatic rings. The van der Waals surface area contributed by atoms with Gasteiger partial charge < -0.3 is 15.5 Å². The normalized spacial score (nSPS) is 11.0. The zero-order valence-corrected chi connectivity index (χ0v) is 14.2. The maximum atomic E-state index is 13.1. The van der Waals surface area contributed by atoms with Crippen molar-refractivity contribution in [2.24, 2.45) is 5.16 Å². The van der Waals surface area contributed by atoms with Gasteiger partial charge in [0.25, 0.3) is 5.91 Å². The van der Waals surface area contributed by atoms with Crippen molar-refractivity contribution in [1.82, 2.24) is 0 Å². The van der Waals surface area contributed by atoms with Crippen molar-refractivity contribution in [1.29, 1.82) is 0 Å². The molecule has 0 saturated heterocycles. The Balaban J connectivity index is 1.88. The van der Waals surface area contributed by atoms with Crippen LogP contribution < -0.4 is 10.6 Å². The quantitative estimate of drug-likeness (QED) is 0.612. The van der Waals surface area contributed by atoms with Crippen LogP contribution in [0.4, 0.5) is 20.2 Å². The number of amides is 2. The van der Waals surface area contributed by atoms with E-state index in [1.165, 1.54) is 6.92 Å². The van der Waals surface area contributed by atoms with E-state index in [-0.39, 0.29) is 11.6 Å². The summed E-state index contributed by atoms with van der Waals surface area (Å²) in [7, 11) is 0. The zero-order valence-electron chi connectivity index (χ0n) is 14.2. The summed E-state index contributed by atoms with van der Waals surface area (Å²) in [6.07, 6.45) is 0. The summed E-state index contributed by atoms with van der Waals surface area (Å²) in [4.78, 5) is 27.6. The molecule has 0 saturated carbocycles. The highest BCUT2D eigenvalue weighted by molar-refractivity contribution is 5.99. The first kappa shape index (κ1) is 19.0. The third-order valence-electron chi connectivity index (χ3n) is 3.17. The van der Waals surface area contributed by atoms with E-state index in [1.807, 2.05) is 0 Å². The van der Waals surface area contributed by atoms with Crippen molar-refractivity contribution in [2.45, 2.75) is 13.8 Å². The Labute approximate surface area is 148 Å². The van der Waals surface area contributed by atoms with E-state index in [0.29, 0.717) is 17.5 Å². The molecule has 0 aliphatic carbocycles. The van der Waals surface area contributed by atoms with Crippen molar-refractivity contribution < 1.29 is 23.2 Å². The molecular weight excluding hydrogens is 344 g/mol. The number of carbonyl (C=O) groups is 2. The molecule has 136 valence electrons. The van der Waals surface area contributed by atoms with Crippen LogP contribution in [0.5, 0.6) is 0 Å². The number of nitrogens with zero attached hydrogens (tertiary/aromatic N) is 1. The Morgan fingerprint density at radius 1 is 0.962 bits per heavy atom. The summed E-state index contributed by atoms with van der Waals surface area (Å²) >= 11 is 0. The number of oxime groups is 1. The second kappa shape index (κ2) is 8.70. The van der Waals surface area contributed by atoms with Crippen LogP contribution in [0.1, 0.15) is 19.4 Å². The van der Waals surface area contributed by atoms with Crippen molar-refractivity contribution in [3.63, 3.8) is 0 Å². The second-order valence-electron chi connectivity index (χ2n) is 5.41. The van der Waals surface area contributed by atoms with Crippen molar-refractivity contribution >= 4 is 28.9 Å². The smallest absolute Gasteiger partial charge is 0.265 e. The van der Waals surface area contributed by atoms with Gasteiger partial charge in [-0.05, 0) is 36.8 Å². The molecule has 0 spiro atoms. The lowest BCUT2D eigenvalue weighted by Gasteiger charge is -2.06. The van der Waals surface area contributed by atoms with Gasteiger partial charge in [-0.25, -0.2) is 8.78 Å². The summed E-state index contributed by atoms with van der Waals surface area (Å²) < 4.78 is 26.1. The van der Waals surface area contributed by atoms with Gasteiger partial charge in [-0.3, -0.25) is 9.59 Å². The fourth-order valence-corrected chi connectivity index (χ4v) is 2.06. The lowest BCUT2D eigenvalue weighted by molar-refractivity contribution is -0.120. The number of anilines is 2. The molecule has 0 unspecified atom stereocenters. The minimum atomic E-state index is -0.794. The van der Waals surface area contributed by atoms with Gasteiger partial charge in [0.1, 0.15) is 11.6 Å². The molecule has 0 radical (unpaired) electrons. The molecule has 8 heteroatoms. The number of nitrogens with one attached hydrogen (secondary N) is 2. The molecule has 0 aliphatic rings. The third-order valence-corrected chi connectivity index (χ3v) is 3.17. The average Bonchev–Trinajstić information content (AvgIpc) is 2.53. The minimum absolute atomic E-state index is 0.00892. The number of benzene rings is 2. The molecule has 0 heterocycles. The zero-order chi connectivity index (χ0) is 19.1. The van der Waals surface area contributed by atoms with E-state index in [9.17, 15) is 18.4 Å².